The minimum Gasteiger partial charge on any atom is -0.326 e. The Morgan fingerprint density at radius 2 is 2.13 bits per heavy atom. The van der Waals surface area contributed by atoms with Crippen molar-refractivity contribution in [2.45, 2.75) is 39.8 Å². The van der Waals surface area contributed by atoms with E-state index in [0.717, 1.165) is 29.3 Å². The van der Waals surface area contributed by atoms with Gasteiger partial charge in [-0.25, -0.2) is 0 Å². The van der Waals surface area contributed by atoms with Crippen LogP contribution in [-0.2, 0) is 13.1 Å². The Morgan fingerprint density at radius 1 is 1.47 bits per heavy atom. The van der Waals surface area contributed by atoms with Gasteiger partial charge in [0.1, 0.15) is 0 Å². The van der Waals surface area contributed by atoms with Crippen molar-refractivity contribution in [1.29, 1.82) is 0 Å². The SMILES string of the molecule is Cc1cc(=O)n(CC2CC2)c(C)c1CN. The predicted molar refractivity (Wildman–Crippen MR) is 60.8 cm³/mol. The summed E-state index contributed by atoms with van der Waals surface area (Å²) in [4.78, 5) is 11.8. The van der Waals surface area contributed by atoms with Crippen LogP contribution in [0.3, 0.4) is 0 Å². The molecule has 0 saturated heterocycles. The van der Waals surface area contributed by atoms with Crippen LogP contribution in [0.25, 0.3) is 0 Å². The maximum atomic E-state index is 11.8. The van der Waals surface area contributed by atoms with Crippen molar-refractivity contribution >= 4 is 0 Å². The van der Waals surface area contributed by atoms with Gasteiger partial charge in [-0.05, 0) is 43.7 Å². The molecule has 1 saturated carbocycles. The van der Waals surface area contributed by atoms with E-state index in [2.05, 4.69) is 0 Å². The summed E-state index contributed by atoms with van der Waals surface area (Å²) in [5, 5.41) is 0. The smallest absolute Gasteiger partial charge is 0.250 e. The Bertz CT molecular complexity index is 430. The lowest BCUT2D eigenvalue weighted by molar-refractivity contribution is 0.585. The van der Waals surface area contributed by atoms with E-state index in [-0.39, 0.29) is 5.56 Å². The molecule has 15 heavy (non-hydrogen) atoms. The van der Waals surface area contributed by atoms with Crippen LogP contribution in [0.2, 0.25) is 0 Å². The van der Waals surface area contributed by atoms with Crippen molar-refractivity contribution in [3.8, 4) is 0 Å². The van der Waals surface area contributed by atoms with Crippen LogP contribution in [0.1, 0.15) is 29.7 Å². The van der Waals surface area contributed by atoms with E-state index < -0.39 is 0 Å². The zero-order valence-electron chi connectivity index (χ0n) is 9.42. The first-order valence-electron chi connectivity index (χ1n) is 5.53. The van der Waals surface area contributed by atoms with Crippen LogP contribution in [-0.4, -0.2) is 4.57 Å². The molecule has 1 aromatic heterocycles. The first-order chi connectivity index (χ1) is 7.13. The Kier molecular flexibility index (Phi) is 2.65. The summed E-state index contributed by atoms with van der Waals surface area (Å²) in [5.74, 6) is 0.717. The Morgan fingerprint density at radius 3 is 2.67 bits per heavy atom. The third-order valence-corrected chi connectivity index (χ3v) is 3.27. The largest absolute Gasteiger partial charge is 0.326 e. The van der Waals surface area contributed by atoms with Crippen LogP contribution in [0.15, 0.2) is 10.9 Å². The van der Waals surface area contributed by atoms with Crippen molar-refractivity contribution in [2.75, 3.05) is 0 Å². The first kappa shape index (κ1) is 10.4. The van der Waals surface area contributed by atoms with E-state index in [1.807, 2.05) is 18.4 Å². The van der Waals surface area contributed by atoms with E-state index >= 15 is 0 Å². The average molecular weight is 206 g/mol. The fraction of sp³-hybridized carbons (Fsp3) is 0.583. The molecule has 3 nitrogen and oxygen atoms in total. The average Bonchev–Trinajstić information content (AvgIpc) is 2.96. The zero-order chi connectivity index (χ0) is 11.0. The van der Waals surface area contributed by atoms with Gasteiger partial charge in [0.05, 0.1) is 0 Å². The van der Waals surface area contributed by atoms with Crippen molar-refractivity contribution in [1.82, 2.24) is 4.57 Å². The molecule has 82 valence electrons. The zero-order valence-corrected chi connectivity index (χ0v) is 9.42. The Labute approximate surface area is 89.9 Å². The topological polar surface area (TPSA) is 48.0 Å². The van der Waals surface area contributed by atoms with Crippen molar-refractivity contribution in [3.63, 3.8) is 0 Å². The van der Waals surface area contributed by atoms with Gasteiger partial charge in [0.2, 0.25) is 0 Å². The van der Waals surface area contributed by atoms with Gasteiger partial charge in [-0.3, -0.25) is 4.79 Å². The van der Waals surface area contributed by atoms with Gasteiger partial charge in [-0.15, -0.1) is 0 Å². The van der Waals surface area contributed by atoms with Gasteiger partial charge >= 0.3 is 0 Å². The molecule has 0 amide bonds. The summed E-state index contributed by atoms with van der Waals surface area (Å²) in [7, 11) is 0. The molecule has 0 bridgehead atoms. The summed E-state index contributed by atoms with van der Waals surface area (Å²) < 4.78 is 1.88. The van der Waals surface area contributed by atoms with Crippen LogP contribution < -0.4 is 11.3 Å². The molecular weight excluding hydrogens is 188 g/mol. The third-order valence-electron chi connectivity index (χ3n) is 3.27. The van der Waals surface area contributed by atoms with E-state index in [1.54, 1.807) is 6.07 Å². The normalized spacial score (nSPS) is 15.7. The van der Waals surface area contributed by atoms with Crippen LogP contribution >= 0.6 is 0 Å². The monoisotopic (exact) mass is 206 g/mol. The maximum absolute atomic E-state index is 11.8. The quantitative estimate of drug-likeness (QED) is 0.811. The summed E-state index contributed by atoms with van der Waals surface area (Å²) in [5.41, 5.74) is 9.01. The molecule has 0 spiro atoms. The standard InChI is InChI=1S/C12H18N2O/c1-8-5-12(15)14(7-10-3-4-10)9(2)11(8)6-13/h5,10H,3-4,6-7,13H2,1-2H3. The molecule has 1 aliphatic carbocycles. The number of hydrogen-bond donors (Lipinski definition) is 1. The number of aryl methyl sites for hydroxylation is 1. The molecule has 2 N–H and O–H groups in total. The molecular formula is C12H18N2O. The number of hydrogen-bond acceptors (Lipinski definition) is 2. The highest BCUT2D eigenvalue weighted by molar-refractivity contribution is 5.29. The molecule has 0 aliphatic heterocycles. The second-order valence-corrected chi connectivity index (χ2v) is 4.49. The van der Waals surface area contributed by atoms with E-state index in [1.165, 1.54) is 12.8 Å². The van der Waals surface area contributed by atoms with Crippen LogP contribution in [0.5, 0.6) is 0 Å². The van der Waals surface area contributed by atoms with Gasteiger partial charge in [0.15, 0.2) is 0 Å². The lowest BCUT2D eigenvalue weighted by atomic mass is 10.1. The second-order valence-electron chi connectivity index (χ2n) is 4.49. The van der Waals surface area contributed by atoms with Gasteiger partial charge in [-0.2, -0.15) is 0 Å². The van der Waals surface area contributed by atoms with Gasteiger partial charge in [-0.1, -0.05) is 0 Å². The maximum Gasteiger partial charge on any atom is 0.250 e. The molecule has 1 heterocycles. The molecule has 0 unspecified atom stereocenters. The molecule has 1 aromatic rings. The number of aromatic nitrogens is 1. The Balaban J connectivity index is 2.46. The van der Waals surface area contributed by atoms with Gasteiger partial charge in [0.25, 0.3) is 5.56 Å². The minimum absolute atomic E-state index is 0.120. The second kappa shape index (κ2) is 3.81. The molecule has 0 atom stereocenters. The highest BCUT2D eigenvalue weighted by Gasteiger charge is 2.23. The fourth-order valence-corrected chi connectivity index (χ4v) is 2.06. The summed E-state index contributed by atoms with van der Waals surface area (Å²) >= 11 is 0. The third kappa shape index (κ3) is 1.97. The molecule has 0 aromatic carbocycles. The molecule has 0 radical (unpaired) electrons. The molecule has 1 aliphatic rings. The molecule has 2 rings (SSSR count). The van der Waals surface area contributed by atoms with E-state index in [4.69, 9.17) is 5.73 Å². The lowest BCUT2D eigenvalue weighted by Crippen LogP contribution is -2.25. The minimum atomic E-state index is 0.120. The van der Waals surface area contributed by atoms with Gasteiger partial charge < -0.3 is 10.3 Å². The van der Waals surface area contributed by atoms with E-state index in [9.17, 15) is 4.79 Å². The van der Waals surface area contributed by atoms with Crippen molar-refractivity contribution in [3.05, 3.63) is 33.2 Å². The van der Waals surface area contributed by atoms with Crippen LogP contribution in [0, 0.1) is 19.8 Å². The summed E-state index contributed by atoms with van der Waals surface area (Å²) in [6, 6.07) is 1.71. The first-order valence-corrected chi connectivity index (χ1v) is 5.53. The van der Waals surface area contributed by atoms with Crippen molar-refractivity contribution < 1.29 is 0 Å². The summed E-state index contributed by atoms with van der Waals surface area (Å²) in [6.45, 7) is 5.34. The lowest BCUT2D eigenvalue weighted by Gasteiger charge is -2.14. The highest BCUT2D eigenvalue weighted by atomic mass is 16.1. The molecule has 3 heteroatoms. The van der Waals surface area contributed by atoms with Crippen molar-refractivity contribution in [2.24, 2.45) is 11.7 Å². The highest BCUT2D eigenvalue weighted by Crippen LogP contribution is 2.30. The Hall–Kier alpha value is -1.09. The number of nitrogens with zero attached hydrogens (tertiary/aromatic N) is 1. The summed E-state index contributed by atoms with van der Waals surface area (Å²) in [6.07, 6.45) is 2.52. The number of rotatable bonds is 3. The number of pyridine rings is 1. The van der Waals surface area contributed by atoms with E-state index in [0.29, 0.717) is 6.54 Å². The number of nitrogens with two attached hydrogens (primary N) is 1. The molecule has 1 fully saturated rings. The van der Waals surface area contributed by atoms with Crippen LogP contribution in [0.4, 0.5) is 0 Å². The van der Waals surface area contributed by atoms with Gasteiger partial charge in [0, 0.05) is 24.8 Å². The fourth-order valence-electron chi connectivity index (χ4n) is 2.06. The predicted octanol–water partition coefficient (Wildman–Crippen LogP) is 1.33.